The van der Waals surface area contributed by atoms with Gasteiger partial charge in [-0.25, -0.2) is 0 Å². The van der Waals surface area contributed by atoms with E-state index in [-0.39, 0.29) is 17.6 Å². The molecule has 0 amide bonds. The van der Waals surface area contributed by atoms with Gasteiger partial charge in [0.25, 0.3) is 0 Å². The van der Waals surface area contributed by atoms with E-state index >= 15 is 0 Å². The minimum atomic E-state index is -0.306. The molecule has 178 valence electrons. The summed E-state index contributed by atoms with van der Waals surface area (Å²) in [6, 6.07) is 14.3. The van der Waals surface area contributed by atoms with Crippen molar-refractivity contribution in [3.8, 4) is 29.1 Å². The Bertz CT molecular complexity index is 1080. The second-order valence-electron chi connectivity index (χ2n) is 9.73. The summed E-state index contributed by atoms with van der Waals surface area (Å²) < 4.78 is 21.4. The molecule has 2 aromatic carbocycles. The summed E-state index contributed by atoms with van der Waals surface area (Å²) in [6.07, 6.45) is 12.0. The molecule has 2 heterocycles. The van der Waals surface area contributed by atoms with Crippen LogP contribution < -0.4 is 18.9 Å². The average molecular weight is 462 g/mol. The minimum Gasteiger partial charge on any atom is -0.454 e. The lowest BCUT2D eigenvalue weighted by Gasteiger charge is -2.32. The van der Waals surface area contributed by atoms with Crippen LogP contribution in [-0.4, -0.2) is 19.9 Å². The fourth-order valence-corrected chi connectivity index (χ4v) is 5.68. The fraction of sp³-hybridized carbons (Fsp3) is 0.500. The smallest absolute Gasteiger partial charge is 0.231 e. The van der Waals surface area contributed by atoms with Crippen LogP contribution in [0.2, 0.25) is 0 Å². The molecule has 2 aromatic rings. The summed E-state index contributed by atoms with van der Waals surface area (Å²) in [5, 5.41) is 9.52. The van der Waals surface area contributed by atoms with Crippen molar-refractivity contribution >= 4 is 6.29 Å². The number of carbonyl (C=O) groups excluding carboxylic acids is 1. The topological polar surface area (TPSA) is 77.8 Å². The summed E-state index contributed by atoms with van der Waals surface area (Å²) in [6.45, 7) is 0.575. The minimum absolute atomic E-state index is 0.285. The van der Waals surface area contributed by atoms with Gasteiger partial charge in [0.05, 0.1) is 16.9 Å². The van der Waals surface area contributed by atoms with E-state index in [0.717, 1.165) is 91.8 Å². The van der Waals surface area contributed by atoms with E-state index in [1.807, 2.05) is 36.4 Å². The first-order valence-corrected chi connectivity index (χ1v) is 12.4. The van der Waals surface area contributed by atoms with Crippen molar-refractivity contribution < 1.29 is 23.7 Å². The van der Waals surface area contributed by atoms with Crippen molar-refractivity contribution in [2.24, 2.45) is 0 Å². The van der Waals surface area contributed by atoms with Crippen LogP contribution in [-0.2, 0) is 15.6 Å². The molecule has 6 heteroatoms. The average Bonchev–Trinajstić information content (AvgIpc) is 3.58. The number of benzene rings is 2. The van der Waals surface area contributed by atoms with Crippen LogP contribution in [0.25, 0.3) is 0 Å². The maximum atomic E-state index is 11.5. The largest absolute Gasteiger partial charge is 0.454 e. The Morgan fingerprint density at radius 3 is 1.74 bits per heavy atom. The van der Waals surface area contributed by atoms with Gasteiger partial charge < -0.3 is 23.7 Å². The van der Waals surface area contributed by atoms with Gasteiger partial charge in [0, 0.05) is 0 Å². The van der Waals surface area contributed by atoms with Crippen LogP contribution in [0.1, 0.15) is 75.3 Å². The van der Waals surface area contributed by atoms with Crippen molar-refractivity contribution in [1.82, 2.24) is 0 Å². The number of hydrogen-bond donors (Lipinski definition) is 0. The molecular formula is C28H31NO5. The highest BCUT2D eigenvalue weighted by Gasteiger charge is 2.36. The van der Waals surface area contributed by atoms with Crippen LogP contribution in [0.4, 0.5) is 0 Å². The monoisotopic (exact) mass is 461 g/mol. The number of nitrogens with zero attached hydrogens (tertiary/aromatic N) is 1. The van der Waals surface area contributed by atoms with Gasteiger partial charge in [0.1, 0.15) is 6.29 Å². The zero-order chi connectivity index (χ0) is 23.4. The molecule has 2 aliphatic heterocycles. The Balaban J connectivity index is 0.000000142. The quantitative estimate of drug-likeness (QED) is 0.525. The molecule has 0 unspecified atom stereocenters. The normalized spacial score (nSPS) is 21.0. The molecule has 2 aliphatic carbocycles. The molecule has 0 radical (unpaired) electrons. The Morgan fingerprint density at radius 1 is 0.676 bits per heavy atom. The maximum absolute atomic E-state index is 11.5. The van der Waals surface area contributed by atoms with Crippen molar-refractivity contribution in [3.05, 3.63) is 47.5 Å². The van der Waals surface area contributed by atoms with Gasteiger partial charge in [-0.2, -0.15) is 5.26 Å². The van der Waals surface area contributed by atoms with Gasteiger partial charge >= 0.3 is 0 Å². The highest BCUT2D eigenvalue weighted by molar-refractivity contribution is 5.70. The van der Waals surface area contributed by atoms with Crippen LogP contribution in [0, 0.1) is 11.3 Å². The number of rotatable bonds is 3. The Hall–Kier alpha value is -3.20. The number of carbonyl (C=O) groups is 1. The van der Waals surface area contributed by atoms with E-state index in [1.165, 1.54) is 12.8 Å². The van der Waals surface area contributed by atoms with Crippen LogP contribution >= 0.6 is 0 Å². The molecule has 4 aliphatic rings. The summed E-state index contributed by atoms with van der Waals surface area (Å²) in [5.41, 5.74) is 1.57. The predicted molar refractivity (Wildman–Crippen MR) is 126 cm³/mol. The number of nitriles is 1. The molecule has 0 bridgehead atoms. The van der Waals surface area contributed by atoms with E-state index in [4.69, 9.17) is 18.9 Å². The number of aldehydes is 1. The molecule has 0 N–H and O–H groups in total. The zero-order valence-corrected chi connectivity index (χ0v) is 19.5. The molecule has 0 atom stereocenters. The Labute approximate surface area is 200 Å². The second-order valence-corrected chi connectivity index (χ2v) is 9.73. The van der Waals surface area contributed by atoms with Gasteiger partial charge in [-0.3, -0.25) is 0 Å². The second kappa shape index (κ2) is 9.58. The Kier molecular flexibility index (Phi) is 6.36. The first kappa shape index (κ1) is 22.6. The first-order chi connectivity index (χ1) is 16.7. The molecule has 0 saturated heterocycles. The Morgan fingerprint density at radius 2 is 1.18 bits per heavy atom. The summed E-state index contributed by atoms with van der Waals surface area (Å²) >= 11 is 0. The molecule has 2 fully saturated rings. The molecule has 6 rings (SSSR count). The molecule has 2 saturated carbocycles. The van der Waals surface area contributed by atoms with Gasteiger partial charge in [0.2, 0.25) is 13.6 Å². The number of ether oxygens (including phenoxy) is 4. The molecule has 0 spiro atoms. The maximum Gasteiger partial charge on any atom is 0.231 e. The van der Waals surface area contributed by atoms with E-state index in [9.17, 15) is 10.1 Å². The van der Waals surface area contributed by atoms with E-state index in [1.54, 1.807) is 0 Å². The number of fused-ring (bicyclic) bond motifs is 2. The number of hydrogen-bond acceptors (Lipinski definition) is 6. The SMILES string of the molecule is N#CC1(c2ccc3c(c2)OCO3)CCCCC1.O=CC1(c2ccc3c(c2)OCO3)CCCCC1. The highest BCUT2D eigenvalue weighted by atomic mass is 16.7. The van der Waals surface area contributed by atoms with Gasteiger partial charge in [-0.15, -0.1) is 0 Å². The van der Waals surface area contributed by atoms with Gasteiger partial charge in [-0.05, 0) is 61.1 Å². The van der Waals surface area contributed by atoms with Crippen LogP contribution in [0.15, 0.2) is 36.4 Å². The lowest BCUT2D eigenvalue weighted by molar-refractivity contribution is -0.113. The molecule has 6 nitrogen and oxygen atoms in total. The van der Waals surface area contributed by atoms with Crippen molar-refractivity contribution in [2.45, 2.75) is 75.0 Å². The lowest BCUT2D eigenvalue weighted by Crippen LogP contribution is -2.30. The van der Waals surface area contributed by atoms with E-state index < -0.39 is 0 Å². The third-order valence-corrected chi connectivity index (χ3v) is 7.77. The van der Waals surface area contributed by atoms with Gasteiger partial charge in [-0.1, -0.05) is 50.7 Å². The molecule has 34 heavy (non-hydrogen) atoms. The summed E-state index contributed by atoms with van der Waals surface area (Å²) in [7, 11) is 0. The predicted octanol–water partition coefficient (Wildman–Crippen LogP) is 5.96. The van der Waals surface area contributed by atoms with Gasteiger partial charge in [0.15, 0.2) is 23.0 Å². The summed E-state index contributed by atoms with van der Waals surface area (Å²) in [5.74, 6) is 3.13. The highest BCUT2D eigenvalue weighted by Crippen LogP contribution is 2.44. The lowest BCUT2D eigenvalue weighted by atomic mass is 9.70. The van der Waals surface area contributed by atoms with E-state index in [0.29, 0.717) is 6.79 Å². The fourth-order valence-electron chi connectivity index (χ4n) is 5.68. The molecule has 0 aromatic heterocycles. The van der Waals surface area contributed by atoms with Crippen molar-refractivity contribution in [1.29, 1.82) is 5.26 Å². The van der Waals surface area contributed by atoms with Crippen molar-refractivity contribution in [3.63, 3.8) is 0 Å². The standard InChI is InChI=1S/C14H15NO2.C14H16O3/c2*15-9-14(6-2-1-3-7-14)11-4-5-12-13(8-11)17-10-16-12/h4-5,8H,1-3,6-7,10H2;4-5,8-9H,1-3,6-7,10H2. The summed E-state index contributed by atoms with van der Waals surface area (Å²) in [4.78, 5) is 11.5. The zero-order valence-electron chi connectivity index (χ0n) is 19.5. The third-order valence-electron chi connectivity index (χ3n) is 7.77. The van der Waals surface area contributed by atoms with E-state index in [2.05, 4.69) is 6.07 Å². The van der Waals surface area contributed by atoms with Crippen molar-refractivity contribution in [2.75, 3.05) is 13.6 Å². The third kappa shape index (κ3) is 4.20. The first-order valence-electron chi connectivity index (χ1n) is 12.4. The van der Waals surface area contributed by atoms with Crippen LogP contribution in [0.5, 0.6) is 23.0 Å². The van der Waals surface area contributed by atoms with Crippen LogP contribution in [0.3, 0.4) is 0 Å². The molecular weight excluding hydrogens is 430 g/mol.